The van der Waals surface area contributed by atoms with Gasteiger partial charge in [-0.05, 0) is 24.1 Å². The van der Waals surface area contributed by atoms with Crippen LogP contribution in [0, 0.1) is 0 Å². The Hall–Kier alpha value is -0.350. The molecule has 0 aromatic carbocycles. The second-order valence-corrected chi connectivity index (χ2v) is 5.12. The van der Waals surface area contributed by atoms with Crippen LogP contribution in [0.4, 0.5) is 0 Å². The summed E-state index contributed by atoms with van der Waals surface area (Å²) >= 11 is 11.9. The first-order valence-electron chi connectivity index (χ1n) is 5.55. The summed E-state index contributed by atoms with van der Waals surface area (Å²) in [5.74, 6) is 0. The van der Waals surface area contributed by atoms with E-state index in [1.807, 2.05) is 12.1 Å². The van der Waals surface area contributed by atoms with Crippen LogP contribution in [0.1, 0.15) is 18.2 Å². The highest BCUT2D eigenvalue weighted by atomic mass is 35.5. The third-order valence-corrected chi connectivity index (χ3v) is 3.73. The van der Waals surface area contributed by atoms with Crippen molar-refractivity contribution in [2.45, 2.75) is 12.6 Å². The van der Waals surface area contributed by atoms with Crippen molar-refractivity contribution in [2.75, 3.05) is 26.2 Å². The SMILES string of the molecule is Clc1cc(C2N3CCCN2CC3)cc(Cl)n1. The lowest BCUT2D eigenvalue weighted by molar-refractivity contribution is 0.0928. The van der Waals surface area contributed by atoms with Gasteiger partial charge in [0.05, 0.1) is 6.17 Å². The Morgan fingerprint density at radius 3 is 2.12 bits per heavy atom. The molecule has 3 nitrogen and oxygen atoms in total. The summed E-state index contributed by atoms with van der Waals surface area (Å²) in [6.07, 6.45) is 1.61. The fourth-order valence-electron chi connectivity index (χ4n) is 2.73. The van der Waals surface area contributed by atoms with Gasteiger partial charge >= 0.3 is 0 Å². The van der Waals surface area contributed by atoms with Crippen molar-refractivity contribution < 1.29 is 0 Å². The lowest BCUT2D eigenvalue weighted by Crippen LogP contribution is -2.38. The summed E-state index contributed by atoms with van der Waals surface area (Å²) in [5.41, 5.74) is 1.17. The molecule has 3 rings (SSSR count). The van der Waals surface area contributed by atoms with E-state index >= 15 is 0 Å². The van der Waals surface area contributed by atoms with Gasteiger partial charge in [-0.15, -0.1) is 0 Å². The minimum atomic E-state index is 0.353. The normalized spacial score (nSPS) is 33.0. The Balaban J connectivity index is 1.97. The van der Waals surface area contributed by atoms with Gasteiger partial charge in [0.15, 0.2) is 0 Å². The highest BCUT2D eigenvalue weighted by Crippen LogP contribution is 2.34. The van der Waals surface area contributed by atoms with Crippen LogP contribution in [0.2, 0.25) is 10.3 Å². The third-order valence-electron chi connectivity index (χ3n) is 3.34. The van der Waals surface area contributed by atoms with Gasteiger partial charge < -0.3 is 0 Å². The second kappa shape index (κ2) is 4.15. The van der Waals surface area contributed by atoms with E-state index in [1.165, 1.54) is 25.1 Å². The van der Waals surface area contributed by atoms with Crippen LogP contribution in [-0.4, -0.2) is 41.0 Å². The van der Waals surface area contributed by atoms with Crippen LogP contribution in [0.5, 0.6) is 0 Å². The van der Waals surface area contributed by atoms with E-state index in [0.29, 0.717) is 16.5 Å². The number of fused-ring (bicyclic) bond motifs is 2. The number of nitrogens with zero attached hydrogens (tertiary/aromatic N) is 3. The van der Waals surface area contributed by atoms with Crippen LogP contribution in [0.3, 0.4) is 0 Å². The van der Waals surface area contributed by atoms with Crippen molar-refractivity contribution in [3.05, 3.63) is 28.0 Å². The van der Waals surface area contributed by atoms with Gasteiger partial charge in [0.1, 0.15) is 10.3 Å². The standard InChI is InChI=1S/C11H13Cl2N3/c12-9-6-8(7-10(13)14-9)11-15-2-1-3-16(11)5-4-15/h6-7,11H,1-5H2. The smallest absolute Gasteiger partial charge is 0.131 e. The highest BCUT2D eigenvalue weighted by Gasteiger charge is 2.35. The van der Waals surface area contributed by atoms with Crippen molar-refractivity contribution in [1.29, 1.82) is 0 Å². The van der Waals surface area contributed by atoms with Crippen molar-refractivity contribution in [3.8, 4) is 0 Å². The van der Waals surface area contributed by atoms with Crippen molar-refractivity contribution in [3.63, 3.8) is 0 Å². The van der Waals surface area contributed by atoms with Gasteiger partial charge in [-0.25, -0.2) is 4.98 Å². The number of hydrogen-bond donors (Lipinski definition) is 0. The molecule has 0 spiro atoms. The van der Waals surface area contributed by atoms with Crippen molar-refractivity contribution >= 4 is 23.2 Å². The number of pyridine rings is 1. The Morgan fingerprint density at radius 1 is 1.00 bits per heavy atom. The molecule has 2 bridgehead atoms. The molecule has 1 aromatic heterocycles. The van der Waals surface area contributed by atoms with Crippen molar-refractivity contribution in [2.24, 2.45) is 0 Å². The molecular weight excluding hydrogens is 245 g/mol. The molecule has 0 N–H and O–H groups in total. The van der Waals surface area contributed by atoms with E-state index in [1.54, 1.807) is 0 Å². The van der Waals surface area contributed by atoms with Gasteiger partial charge in [-0.1, -0.05) is 23.2 Å². The highest BCUT2D eigenvalue weighted by molar-refractivity contribution is 6.32. The van der Waals surface area contributed by atoms with Crippen LogP contribution in [0.15, 0.2) is 12.1 Å². The zero-order chi connectivity index (χ0) is 11.1. The average molecular weight is 258 g/mol. The topological polar surface area (TPSA) is 19.4 Å². The summed E-state index contributed by atoms with van der Waals surface area (Å²) in [4.78, 5) is 8.95. The summed E-state index contributed by atoms with van der Waals surface area (Å²) < 4.78 is 0. The minimum Gasteiger partial charge on any atom is -0.283 e. The van der Waals surface area contributed by atoms with Gasteiger partial charge in [0.2, 0.25) is 0 Å². The van der Waals surface area contributed by atoms with E-state index in [-0.39, 0.29) is 0 Å². The second-order valence-electron chi connectivity index (χ2n) is 4.35. The molecule has 86 valence electrons. The molecular formula is C11H13Cl2N3. The lowest BCUT2D eigenvalue weighted by Gasteiger charge is -2.35. The third kappa shape index (κ3) is 1.82. The predicted molar refractivity (Wildman–Crippen MR) is 64.8 cm³/mol. The van der Waals surface area contributed by atoms with Crippen LogP contribution < -0.4 is 0 Å². The first-order chi connectivity index (χ1) is 7.74. The number of aromatic nitrogens is 1. The summed E-state index contributed by atoms with van der Waals surface area (Å²) in [5, 5.41) is 0.963. The molecule has 2 unspecified atom stereocenters. The maximum Gasteiger partial charge on any atom is 0.131 e. The van der Waals surface area contributed by atoms with Gasteiger partial charge in [-0.3, -0.25) is 9.80 Å². The summed E-state index contributed by atoms with van der Waals surface area (Å²) in [7, 11) is 0. The number of halogens is 2. The van der Waals surface area contributed by atoms with Crippen LogP contribution in [-0.2, 0) is 0 Å². The van der Waals surface area contributed by atoms with Crippen LogP contribution >= 0.6 is 23.2 Å². The zero-order valence-electron chi connectivity index (χ0n) is 8.87. The molecule has 5 heteroatoms. The molecule has 2 aliphatic heterocycles. The molecule has 0 saturated carbocycles. The first kappa shape index (κ1) is 10.8. The Kier molecular flexibility index (Phi) is 2.80. The maximum atomic E-state index is 5.95. The maximum absolute atomic E-state index is 5.95. The number of rotatable bonds is 1. The van der Waals surface area contributed by atoms with E-state index < -0.39 is 0 Å². The monoisotopic (exact) mass is 257 g/mol. The molecule has 16 heavy (non-hydrogen) atoms. The van der Waals surface area contributed by atoms with Gasteiger partial charge in [0, 0.05) is 26.2 Å². The summed E-state index contributed by atoms with van der Waals surface area (Å²) in [6.45, 7) is 4.61. The first-order valence-corrected chi connectivity index (χ1v) is 6.31. The molecule has 0 aliphatic carbocycles. The molecule has 0 radical (unpaired) electrons. The van der Waals surface area contributed by atoms with E-state index in [4.69, 9.17) is 23.2 Å². The van der Waals surface area contributed by atoms with Crippen molar-refractivity contribution in [1.82, 2.24) is 14.8 Å². The molecule has 1 aromatic rings. The summed E-state index contributed by atoms with van der Waals surface area (Å²) in [6, 6.07) is 3.85. The molecule has 3 heterocycles. The van der Waals surface area contributed by atoms with Gasteiger partial charge in [-0.2, -0.15) is 0 Å². The van der Waals surface area contributed by atoms with Crippen LogP contribution in [0.25, 0.3) is 0 Å². The van der Waals surface area contributed by atoms with Gasteiger partial charge in [0.25, 0.3) is 0 Å². The fourth-order valence-corrected chi connectivity index (χ4v) is 3.21. The lowest BCUT2D eigenvalue weighted by atomic mass is 10.1. The Labute approximate surface area is 105 Å². The minimum absolute atomic E-state index is 0.353. The zero-order valence-corrected chi connectivity index (χ0v) is 10.4. The molecule has 0 amide bonds. The molecule has 2 atom stereocenters. The molecule has 2 fully saturated rings. The predicted octanol–water partition coefficient (Wildman–Crippen LogP) is 2.41. The largest absolute Gasteiger partial charge is 0.283 e. The fraction of sp³-hybridized carbons (Fsp3) is 0.545. The van der Waals surface area contributed by atoms with E-state index in [9.17, 15) is 0 Å². The average Bonchev–Trinajstić information content (AvgIpc) is 2.47. The Morgan fingerprint density at radius 2 is 1.56 bits per heavy atom. The van der Waals surface area contributed by atoms with E-state index in [0.717, 1.165) is 13.1 Å². The number of hydrogen-bond acceptors (Lipinski definition) is 3. The Bertz CT molecular complexity index is 374. The quantitative estimate of drug-likeness (QED) is 0.721. The van der Waals surface area contributed by atoms with E-state index in [2.05, 4.69) is 14.8 Å². The molecule has 2 saturated heterocycles. The molecule has 2 aliphatic rings.